The van der Waals surface area contributed by atoms with Gasteiger partial charge in [0.15, 0.2) is 12.0 Å². The zero-order valence-electron chi connectivity index (χ0n) is 17.7. The summed E-state index contributed by atoms with van der Waals surface area (Å²) in [5, 5.41) is 5.06. The summed E-state index contributed by atoms with van der Waals surface area (Å²) in [7, 11) is 0. The summed E-state index contributed by atoms with van der Waals surface area (Å²) < 4.78 is 0. The lowest BCUT2D eigenvalue weighted by Crippen LogP contribution is -2.67. The Bertz CT molecular complexity index is 822. The Morgan fingerprint density at radius 2 is 1.87 bits per heavy atom. The summed E-state index contributed by atoms with van der Waals surface area (Å²) in [4.78, 5) is 54.8. The molecule has 10 heteroatoms. The quantitative estimate of drug-likeness (QED) is 0.154. The lowest BCUT2D eigenvalue weighted by atomic mass is 10.0. The van der Waals surface area contributed by atoms with Crippen molar-refractivity contribution in [3.05, 3.63) is 35.9 Å². The Morgan fingerprint density at radius 1 is 1.16 bits per heavy atom. The van der Waals surface area contributed by atoms with Crippen LogP contribution in [0.25, 0.3) is 0 Å². The molecule has 31 heavy (non-hydrogen) atoms. The van der Waals surface area contributed by atoms with Crippen LogP contribution in [-0.4, -0.2) is 66.1 Å². The number of nitrogens with one attached hydrogen (secondary N) is 2. The molecule has 1 aliphatic heterocycles. The highest BCUT2D eigenvalue weighted by Crippen LogP contribution is 2.16. The van der Waals surface area contributed by atoms with Crippen LogP contribution in [0.15, 0.2) is 35.3 Å². The molecule has 10 nitrogen and oxygen atoms in total. The van der Waals surface area contributed by atoms with E-state index in [2.05, 4.69) is 15.6 Å². The number of aryl methyl sites for hydroxylation is 1. The van der Waals surface area contributed by atoms with Gasteiger partial charge in [-0.05, 0) is 38.2 Å². The molecule has 0 radical (unpaired) electrons. The second kappa shape index (κ2) is 11.7. The van der Waals surface area contributed by atoms with Gasteiger partial charge in [0.05, 0.1) is 6.54 Å². The van der Waals surface area contributed by atoms with Gasteiger partial charge in [-0.15, -0.1) is 0 Å². The number of nitrogens with zero attached hydrogens (tertiary/aromatic N) is 2. The van der Waals surface area contributed by atoms with Crippen molar-refractivity contribution in [3.8, 4) is 0 Å². The molecule has 1 fully saturated rings. The topological polar surface area (TPSA) is 160 Å². The predicted molar refractivity (Wildman–Crippen MR) is 116 cm³/mol. The van der Waals surface area contributed by atoms with Crippen LogP contribution in [-0.2, 0) is 25.6 Å². The lowest BCUT2D eigenvalue weighted by molar-refractivity contribution is -0.154. The number of piperazine rings is 1. The first-order chi connectivity index (χ1) is 14.8. The normalized spacial score (nSPS) is 18.3. The maximum absolute atomic E-state index is 13.1. The number of rotatable bonds is 11. The number of guanidine groups is 1. The van der Waals surface area contributed by atoms with Crippen molar-refractivity contribution in [3.63, 3.8) is 0 Å². The molecule has 0 saturated carbocycles. The van der Waals surface area contributed by atoms with E-state index in [1.54, 1.807) is 0 Å². The first-order valence-electron chi connectivity index (χ1n) is 10.3. The molecule has 0 aliphatic carbocycles. The van der Waals surface area contributed by atoms with E-state index in [0.717, 1.165) is 5.56 Å². The number of amides is 3. The number of Topliss-reactive ketones (excluding diaryl/α,β-unsaturated/α-hetero) is 1. The molecule has 1 aromatic rings. The van der Waals surface area contributed by atoms with Crippen molar-refractivity contribution in [1.82, 2.24) is 15.5 Å². The van der Waals surface area contributed by atoms with Gasteiger partial charge in [-0.1, -0.05) is 30.3 Å². The summed E-state index contributed by atoms with van der Waals surface area (Å²) in [6, 6.07) is 7.68. The van der Waals surface area contributed by atoms with E-state index >= 15 is 0 Å². The Balaban J connectivity index is 2.08. The summed E-state index contributed by atoms with van der Waals surface area (Å²) in [6.07, 6.45) is 2.12. The van der Waals surface area contributed by atoms with Gasteiger partial charge in [-0.25, -0.2) is 0 Å². The fraction of sp³-hybridized carbons (Fsp3) is 0.476. The average molecular weight is 431 g/mol. The number of carbonyl (C=O) groups is 4. The lowest BCUT2D eigenvalue weighted by Gasteiger charge is -2.38. The molecule has 3 amide bonds. The third-order valence-electron chi connectivity index (χ3n) is 4.87. The molecule has 168 valence electrons. The molecule has 2 atom stereocenters. The van der Waals surface area contributed by atoms with Gasteiger partial charge < -0.3 is 27.0 Å². The number of aliphatic imine (C=N–C) groups is 1. The minimum Gasteiger partial charge on any atom is -0.370 e. The number of ketones is 1. The van der Waals surface area contributed by atoms with Gasteiger partial charge in [0.25, 0.3) is 11.8 Å². The van der Waals surface area contributed by atoms with Gasteiger partial charge in [-0.2, -0.15) is 0 Å². The Kier molecular flexibility index (Phi) is 8.98. The number of hydrogen-bond acceptors (Lipinski definition) is 5. The summed E-state index contributed by atoms with van der Waals surface area (Å²) in [6.45, 7) is 1.70. The molecule has 0 spiro atoms. The van der Waals surface area contributed by atoms with E-state index in [4.69, 9.17) is 11.5 Å². The Labute approximate surface area is 181 Å². The van der Waals surface area contributed by atoms with Crippen molar-refractivity contribution in [2.45, 2.75) is 44.7 Å². The largest absolute Gasteiger partial charge is 0.370 e. The Hall–Kier alpha value is -3.43. The van der Waals surface area contributed by atoms with E-state index in [1.165, 1.54) is 11.8 Å². The number of benzene rings is 1. The molecule has 0 bridgehead atoms. The zero-order chi connectivity index (χ0) is 22.8. The van der Waals surface area contributed by atoms with Crippen molar-refractivity contribution < 1.29 is 19.2 Å². The van der Waals surface area contributed by atoms with Gasteiger partial charge in [0.2, 0.25) is 5.91 Å². The molecule has 2 rings (SSSR count). The van der Waals surface area contributed by atoms with Crippen LogP contribution in [0, 0.1) is 0 Å². The van der Waals surface area contributed by atoms with Crippen molar-refractivity contribution in [2.75, 3.05) is 19.6 Å². The van der Waals surface area contributed by atoms with Crippen LogP contribution in [0.2, 0.25) is 0 Å². The molecule has 0 aromatic heterocycles. The first-order valence-corrected chi connectivity index (χ1v) is 10.3. The highest BCUT2D eigenvalue weighted by Gasteiger charge is 2.43. The standard InChI is InChI=1S/C21H30N6O4/c1-14(28)13-25-18(29)17-19(30)26-16(10-5-11-24-21(22)23)20(31)27(17)12-6-9-15-7-3-2-4-8-15/h2-4,7-8,16-17H,5-6,9-13H2,1H3,(H,25,29)(H,26,30)(H4,22,23,24). The Morgan fingerprint density at radius 3 is 2.52 bits per heavy atom. The third kappa shape index (κ3) is 7.40. The first kappa shape index (κ1) is 23.8. The zero-order valence-corrected chi connectivity index (χ0v) is 17.7. The maximum atomic E-state index is 13.1. The molecular weight excluding hydrogens is 400 g/mol. The minimum absolute atomic E-state index is 0.0382. The summed E-state index contributed by atoms with van der Waals surface area (Å²) in [5.41, 5.74) is 11.7. The second-order valence-corrected chi connectivity index (χ2v) is 7.45. The third-order valence-corrected chi connectivity index (χ3v) is 4.87. The van der Waals surface area contributed by atoms with Gasteiger partial charge >= 0.3 is 0 Å². The fourth-order valence-electron chi connectivity index (χ4n) is 3.39. The average Bonchev–Trinajstić information content (AvgIpc) is 2.73. The molecule has 1 aliphatic rings. The van der Waals surface area contributed by atoms with Crippen LogP contribution < -0.4 is 22.1 Å². The van der Waals surface area contributed by atoms with Crippen molar-refractivity contribution >= 4 is 29.5 Å². The molecule has 1 aromatic carbocycles. The van der Waals surface area contributed by atoms with Gasteiger partial charge in [-0.3, -0.25) is 24.2 Å². The van der Waals surface area contributed by atoms with E-state index < -0.39 is 23.9 Å². The second-order valence-electron chi connectivity index (χ2n) is 7.45. The maximum Gasteiger partial charge on any atom is 0.253 e. The van der Waals surface area contributed by atoms with E-state index in [9.17, 15) is 19.2 Å². The minimum atomic E-state index is -1.31. The van der Waals surface area contributed by atoms with Crippen LogP contribution >= 0.6 is 0 Å². The van der Waals surface area contributed by atoms with Crippen molar-refractivity contribution in [2.24, 2.45) is 16.5 Å². The number of carbonyl (C=O) groups excluding carboxylic acids is 4. The smallest absolute Gasteiger partial charge is 0.253 e. The van der Waals surface area contributed by atoms with Crippen molar-refractivity contribution in [1.29, 1.82) is 0 Å². The summed E-state index contributed by atoms with van der Waals surface area (Å²) >= 11 is 0. The monoisotopic (exact) mass is 430 g/mol. The molecule has 6 N–H and O–H groups in total. The number of nitrogens with two attached hydrogens (primary N) is 2. The van der Waals surface area contributed by atoms with E-state index in [0.29, 0.717) is 32.2 Å². The number of hydrogen-bond donors (Lipinski definition) is 4. The van der Waals surface area contributed by atoms with E-state index in [1.807, 2.05) is 30.3 Å². The van der Waals surface area contributed by atoms with Crippen LogP contribution in [0.1, 0.15) is 31.7 Å². The predicted octanol–water partition coefficient (Wildman–Crippen LogP) is -0.926. The van der Waals surface area contributed by atoms with Gasteiger partial charge in [0.1, 0.15) is 11.8 Å². The van der Waals surface area contributed by atoms with Crippen LogP contribution in [0.5, 0.6) is 0 Å². The summed E-state index contributed by atoms with van der Waals surface area (Å²) in [5.74, 6) is -1.85. The van der Waals surface area contributed by atoms with Gasteiger partial charge in [0, 0.05) is 13.1 Å². The highest BCUT2D eigenvalue weighted by atomic mass is 16.2. The molecule has 1 heterocycles. The fourth-order valence-corrected chi connectivity index (χ4v) is 3.39. The molecule has 2 unspecified atom stereocenters. The van der Waals surface area contributed by atoms with Crippen LogP contribution in [0.4, 0.5) is 0 Å². The molecular formula is C21H30N6O4. The molecule has 1 saturated heterocycles. The SMILES string of the molecule is CC(=O)CNC(=O)C1C(=O)NC(CCCN=C(N)N)C(=O)N1CCCc1ccccc1. The highest BCUT2D eigenvalue weighted by molar-refractivity contribution is 6.11. The van der Waals surface area contributed by atoms with Crippen LogP contribution in [0.3, 0.4) is 0 Å². The van der Waals surface area contributed by atoms with E-state index in [-0.39, 0.29) is 30.7 Å².